The summed E-state index contributed by atoms with van der Waals surface area (Å²) in [6.45, 7) is 1.02. The van der Waals surface area contributed by atoms with Crippen molar-refractivity contribution >= 4 is 30.9 Å². The molecule has 3 rings (SSSR count). The molecule has 1 aromatic carbocycles. The smallest absolute Gasteiger partial charge is 0.415 e. The van der Waals surface area contributed by atoms with Gasteiger partial charge in [-0.1, -0.05) is 0 Å². The Morgan fingerprint density at radius 1 is 1.15 bits per heavy atom. The Morgan fingerprint density at radius 2 is 1.92 bits per heavy atom. The number of carbonyl (C=O) groups excluding carboxylic acids is 1. The fourth-order valence-electron chi connectivity index (χ4n) is 2.70. The van der Waals surface area contributed by atoms with E-state index in [-0.39, 0.29) is 36.7 Å². The number of ether oxygens (including phenoxy) is 2. The van der Waals surface area contributed by atoms with E-state index in [1.54, 1.807) is 23.4 Å². The number of halogens is 3. The van der Waals surface area contributed by atoms with Crippen molar-refractivity contribution in [2.24, 2.45) is 0 Å². The number of amides is 1. The third-order valence-corrected chi connectivity index (χ3v) is 3.96. The lowest BCUT2D eigenvalue weighted by molar-refractivity contribution is 0.0885. The van der Waals surface area contributed by atoms with Crippen molar-refractivity contribution in [1.29, 1.82) is 0 Å². The second-order valence-corrected chi connectivity index (χ2v) is 5.66. The van der Waals surface area contributed by atoms with Crippen LogP contribution in [0, 0.1) is 5.82 Å². The highest BCUT2D eigenvalue weighted by atomic mass is 35.5. The Bertz CT molecular complexity index is 674. The van der Waals surface area contributed by atoms with Crippen LogP contribution in [0.1, 0.15) is 19.3 Å². The summed E-state index contributed by atoms with van der Waals surface area (Å²) in [6, 6.07) is 9.00. The van der Waals surface area contributed by atoms with Crippen LogP contribution in [0.3, 0.4) is 0 Å². The first-order valence-corrected chi connectivity index (χ1v) is 7.99. The Labute approximate surface area is 164 Å². The highest BCUT2D eigenvalue weighted by Crippen LogP contribution is 2.21. The molecule has 1 fully saturated rings. The molecule has 0 aliphatic carbocycles. The summed E-state index contributed by atoms with van der Waals surface area (Å²) in [6.07, 6.45) is 5.73. The molecule has 1 unspecified atom stereocenters. The van der Waals surface area contributed by atoms with E-state index >= 15 is 0 Å². The summed E-state index contributed by atoms with van der Waals surface area (Å²) in [5.74, 6) is 0.643. The van der Waals surface area contributed by atoms with Gasteiger partial charge in [0.2, 0.25) is 0 Å². The van der Waals surface area contributed by atoms with Crippen LogP contribution in [0.4, 0.5) is 9.18 Å². The topological polar surface area (TPSA) is 51.7 Å². The van der Waals surface area contributed by atoms with Crippen molar-refractivity contribution in [2.45, 2.75) is 25.3 Å². The maximum atomic E-state index is 12.9. The highest BCUT2D eigenvalue weighted by molar-refractivity contribution is 5.85. The molecule has 0 spiro atoms. The Hall–Kier alpha value is -2.05. The average Bonchev–Trinajstić information content (AvgIpc) is 2.63. The monoisotopic (exact) mass is 402 g/mol. The number of likely N-dealkylation sites (tertiary alicyclic amines) is 1. The van der Waals surface area contributed by atoms with Crippen LogP contribution < -0.4 is 9.47 Å². The van der Waals surface area contributed by atoms with Gasteiger partial charge in [-0.05, 0) is 55.7 Å². The van der Waals surface area contributed by atoms with Gasteiger partial charge in [0.05, 0.1) is 12.2 Å². The Morgan fingerprint density at radius 3 is 2.62 bits per heavy atom. The SMILES string of the molecule is Cl.Cl.O=C(Oc1ccc(F)cc1)N1CCCCC1COc1cccnc1. The van der Waals surface area contributed by atoms with Gasteiger partial charge >= 0.3 is 6.09 Å². The van der Waals surface area contributed by atoms with Gasteiger partial charge in [-0.25, -0.2) is 9.18 Å². The summed E-state index contributed by atoms with van der Waals surface area (Å²) >= 11 is 0. The van der Waals surface area contributed by atoms with Crippen molar-refractivity contribution in [3.05, 3.63) is 54.6 Å². The lowest BCUT2D eigenvalue weighted by Crippen LogP contribution is -2.47. The summed E-state index contributed by atoms with van der Waals surface area (Å²) < 4.78 is 24.0. The van der Waals surface area contributed by atoms with E-state index in [1.807, 2.05) is 6.07 Å². The molecular weight excluding hydrogens is 382 g/mol. The number of benzene rings is 1. The summed E-state index contributed by atoms with van der Waals surface area (Å²) in [5.41, 5.74) is 0. The largest absolute Gasteiger partial charge is 0.490 e. The average molecular weight is 403 g/mol. The lowest BCUT2D eigenvalue weighted by Gasteiger charge is -2.34. The summed E-state index contributed by atoms with van der Waals surface area (Å²) in [5, 5.41) is 0. The van der Waals surface area contributed by atoms with Crippen molar-refractivity contribution in [2.75, 3.05) is 13.2 Å². The molecule has 2 heterocycles. The van der Waals surface area contributed by atoms with Crippen LogP contribution in [0.2, 0.25) is 0 Å². The maximum Gasteiger partial charge on any atom is 0.415 e. The van der Waals surface area contributed by atoms with Crippen molar-refractivity contribution < 1.29 is 18.7 Å². The fraction of sp³-hybridized carbons (Fsp3) is 0.333. The number of piperidine rings is 1. The molecule has 0 N–H and O–H groups in total. The quantitative estimate of drug-likeness (QED) is 0.755. The number of rotatable bonds is 4. The standard InChI is InChI=1S/C18H19FN2O3.2ClH/c19-14-6-8-16(9-7-14)24-18(22)21-11-2-1-4-15(21)13-23-17-5-3-10-20-12-17;;/h3,5-10,12,15H,1-2,4,11,13H2;2*1H. The number of carbonyl (C=O) groups is 1. The van der Waals surface area contributed by atoms with Crippen LogP contribution >= 0.6 is 24.8 Å². The van der Waals surface area contributed by atoms with Crippen LogP contribution in [0.25, 0.3) is 0 Å². The molecule has 0 saturated carbocycles. The van der Waals surface area contributed by atoms with E-state index in [2.05, 4.69) is 4.98 Å². The zero-order valence-electron chi connectivity index (χ0n) is 14.0. The molecule has 2 aromatic rings. The number of nitrogens with zero attached hydrogens (tertiary/aromatic N) is 2. The van der Waals surface area contributed by atoms with Crippen LogP contribution in [0.15, 0.2) is 48.8 Å². The molecule has 0 radical (unpaired) electrons. The van der Waals surface area contributed by atoms with E-state index in [0.29, 0.717) is 24.7 Å². The van der Waals surface area contributed by atoms with Gasteiger partial charge in [0.1, 0.15) is 23.9 Å². The first kappa shape index (κ1) is 22.0. The van der Waals surface area contributed by atoms with Gasteiger partial charge in [0, 0.05) is 12.7 Å². The van der Waals surface area contributed by atoms with E-state index in [9.17, 15) is 9.18 Å². The number of hydrogen-bond acceptors (Lipinski definition) is 4. The third kappa shape index (κ3) is 6.04. The van der Waals surface area contributed by atoms with Gasteiger partial charge in [-0.15, -0.1) is 24.8 Å². The third-order valence-electron chi connectivity index (χ3n) is 3.96. The van der Waals surface area contributed by atoms with Crippen LogP contribution in [-0.4, -0.2) is 35.2 Å². The fourth-order valence-corrected chi connectivity index (χ4v) is 2.70. The molecule has 142 valence electrons. The van der Waals surface area contributed by atoms with E-state index in [0.717, 1.165) is 19.3 Å². The van der Waals surface area contributed by atoms with E-state index < -0.39 is 6.09 Å². The summed E-state index contributed by atoms with van der Waals surface area (Å²) in [7, 11) is 0. The van der Waals surface area contributed by atoms with E-state index in [1.165, 1.54) is 24.3 Å². The first-order chi connectivity index (χ1) is 11.7. The second kappa shape index (κ2) is 10.8. The molecule has 1 aromatic heterocycles. The molecule has 1 aliphatic rings. The second-order valence-electron chi connectivity index (χ2n) is 5.66. The molecule has 1 saturated heterocycles. The predicted octanol–water partition coefficient (Wildman–Crippen LogP) is 4.50. The van der Waals surface area contributed by atoms with Crippen molar-refractivity contribution in [3.8, 4) is 11.5 Å². The normalized spacial score (nSPS) is 16.0. The molecule has 1 amide bonds. The molecule has 0 bridgehead atoms. The predicted molar refractivity (Wildman–Crippen MR) is 101 cm³/mol. The zero-order valence-corrected chi connectivity index (χ0v) is 15.7. The Balaban J connectivity index is 0.00000169. The minimum absolute atomic E-state index is 0. The van der Waals surface area contributed by atoms with Gasteiger partial charge in [0.15, 0.2) is 0 Å². The first-order valence-electron chi connectivity index (χ1n) is 7.99. The van der Waals surface area contributed by atoms with Crippen LogP contribution in [0.5, 0.6) is 11.5 Å². The molecule has 5 nitrogen and oxygen atoms in total. The van der Waals surface area contributed by atoms with Gasteiger partial charge in [-0.2, -0.15) is 0 Å². The molecule has 1 atom stereocenters. The molecule has 1 aliphatic heterocycles. The minimum Gasteiger partial charge on any atom is -0.490 e. The molecular formula is C18H21Cl2FN2O3. The van der Waals surface area contributed by atoms with Crippen molar-refractivity contribution in [1.82, 2.24) is 9.88 Å². The minimum atomic E-state index is -0.430. The van der Waals surface area contributed by atoms with Crippen LogP contribution in [-0.2, 0) is 0 Å². The van der Waals surface area contributed by atoms with Crippen molar-refractivity contribution in [3.63, 3.8) is 0 Å². The van der Waals surface area contributed by atoms with Gasteiger partial charge in [-0.3, -0.25) is 4.98 Å². The number of aromatic nitrogens is 1. The lowest BCUT2D eigenvalue weighted by atomic mass is 10.0. The zero-order chi connectivity index (χ0) is 16.8. The number of pyridine rings is 1. The maximum absolute atomic E-state index is 12.9. The summed E-state index contributed by atoms with van der Waals surface area (Å²) in [4.78, 5) is 18.1. The van der Waals surface area contributed by atoms with Gasteiger partial charge < -0.3 is 14.4 Å². The number of hydrogen-bond donors (Lipinski definition) is 0. The van der Waals surface area contributed by atoms with Gasteiger partial charge in [0.25, 0.3) is 0 Å². The van der Waals surface area contributed by atoms with E-state index in [4.69, 9.17) is 9.47 Å². The molecule has 26 heavy (non-hydrogen) atoms. The molecule has 8 heteroatoms. The highest BCUT2D eigenvalue weighted by Gasteiger charge is 2.28. The Kier molecular flexibility index (Phi) is 9.16.